The van der Waals surface area contributed by atoms with Crippen molar-refractivity contribution >= 4 is 13.1 Å². The van der Waals surface area contributed by atoms with Crippen LogP contribution in [-0.2, 0) is 14.0 Å². The van der Waals surface area contributed by atoms with Crippen LogP contribution in [0.1, 0.15) is 38.1 Å². The summed E-state index contributed by atoms with van der Waals surface area (Å²) in [6.45, 7) is 8.18. The lowest BCUT2D eigenvalue weighted by atomic mass is 9.90. The molecule has 0 bridgehead atoms. The number of carbonyl (C=O) groups excluding carboxylic acids is 1. The Bertz CT molecular complexity index is 506. The molecule has 4 nitrogen and oxygen atoms in total. The third-order valence-electron chi connectivity index (χ3n) is 3.88. The Morgan fingerprint density at radius 2 is 1.71 bits per heavy atom. The fourth-order valence-electron chi connectivity index (χ4n) is 1.92. The lowest BCUT2D eigenvalue weighted by Gasteiger charge is -2.32. The van der Waals surface area contributed by atoms with E-state index >= 15 is 0 Å². The molecule has 1 fully saturated rings. The molecule has 1 aromatic rings. The summed E-state index contributed by atoms with van der Waals surface area (Å²) in [7, 11) is -0.412. The molecule has 0 atom stereocenters. The number of hydrogen-bond acceptors (Lipinski definition) is 4. The van der Waals surface area contributed by atoms with Gasteiger partial charge in [-0.2, -0.15) is 0 Å². The molecule has 0 amide bonds. The highest BCUT2D eigenvalue weighted by molar-refractivity contribution is 6.51. The van der Waals surface area contributed by atoms with E-state index in [1.165, 1.54) is 0 Å². The van der Waals surface area contributed by atoms with Gasteiger partial charge in [0.25, 0.3) is 0 Å². The second kappa shape index (κ2) is 6.04. The first-order chi connectivity index (χ1) is 9.82. The molecular formula is C16H21BO4. The smallest absolute Gasteiger partial charge is 0.458 e. The average Bonchev–Trinajstić information content (AvgIpc) is 2.63. The van der Waals surface area contributed by atoms with Crippen LogP contribution >= 0.6 is 0 Å². The number of ether oxygens (including phenoxy) is 1. The number of hydrogen-bond donors (Lipinski definition) is 0. The Kier molecular flexibility index (Phi) is 4.54. The molecule has 1 aliphatic rings. The third kappa shape index (κ3) is 3.74. The zero-order valence-electron chi connectivity index (χ0n) is 13.0. The van der Waals surface area contributed by atoms with E-state index in [9.17, 15) is 4.79 Å². The van der Waals surface area contributed by atoms with Crippen LogP contribution in [0.15, 0.2) is 42.4 Å². The first kappa shape index (κ1) is 15.8. The molecule has 1 saturated heterocycles. The number of carbonyl (C=O) groups is 1. The van der Waals surface area contributed by atoms with E-state index in [2.05, 4.69) is 0 Å². The van der Waals surface area contributed by atoms with Crippen LogP contribution in [0.4, 0.5) is 0 Å². The highest BCUT2D eigenvalue weighted by Gasteiger charge is 2.49. The number of rotatable bonds is 4. The summed E-state index contributed by atoms with van der Waals surface area (Å²) in [5.41, 5.74) is -0.174. The quantitative estimate of drug-likeness (QED) is 0.631. The van der Waals surface area contributed by atoms with Gasteiger partial charge in [0.15, 0.2) is 0 Å². The van der Waals surface area contributed by atoms with Crippen molar-refractivity contribution in [2.24, 2.45) is 0 Å². The van der Waals surface area contributed by atoms with E-state index in [4.69, 9.17) is 14.0 Å². The molecule has 112 valence electrons. The molecule has 0 spiro atoms. The minimum absolute atomic E-state index is 0.192. The molecule has 1 aliphatic heterocycles. The van der Waals surface area contributed by atoms with Crippen LogP contribution in [0, 0.1) is 0 Å². The standard InChI is InChI=1S/C16H21BO4/c1-15(2)16(3,4)21-17(20-15)11-8-12-19-14(18)13-9-6-5-7-10-13/h5-11H,12H2,1-4H3/b11-8+. The van der Waals surface area contributed by atoms with Crippen molar-refractivity contribution in [3.8, 4) is 0 Å². The van der Waals surface area contributed by atoms with E-state index in [0.717, 1.165) is 0 Å². The van der Waals surface area contributed by atoms with Gasteiger partial charge in [-0.1, -0.05) is 30.3 Å². The summed E-state index contributed by atoms with van der Waals surface area (Å²) in [5.74, 6) is 1.43. The number of esters is 1. The van der Waals surface area contributed by atoms with Crippen molar-refractivity contribution in [2.45, 2.75) is 38.9 Å². The lowest BCUT2D eigenvalue weighted by molar-refractivity contribution is 0.00578. The predicted molar refractivity (Wildman–Crippen MR) is 81.9 cm³/mol. The second-order valence-corrected chi connectivity index (χ2v) is 6.02. The maximum atomic E-state index is 11.7. The van der Waals surface area contributed by atoms with Gasteiger partial charge >= 0.3 is 13.1 Å². The molecule has 0 saturated carbocycles. The fraction of sp³-hybridized carbons (Fsp3) is 0.438. The van der Waals surface area contributed by atoms with E-state index in [0.29, 0.717) is 5.56 Å². The van der Waals surface area contributed by atoms with E-state index in [-0.39, 0.29) is 23.8 Å². The highest BCUT2D eigenvalue weighted by atomic mass is 16.7. The molecule has 21 heavy (non-hydrogen) atoms. The summed E-state index contributed by atoms with van der Waals surface area (Å²) < 4.78 is 16.8. The van der Waals surface area contributed by atoms with Crippen LogP contribution in [0.3, 0.4) is 0 Å². The Labute approximate surface area is 126 Å². The van der Waals surface area contributed by atoms with Crippen molar-refractivity contribution < 1.29 is 18.8 Å². The molecule has 1 heterocycles. The molecule has 0 aromatic heterocycles. The summed E-state index contributed by atoms with van der Waals surface area (Å²) >= 11 is 0. The van der Waals surface area contributed by atoms with E-state index in [1.807, 2.05) is 33.8 Å². The zero-order valence-corrected chi connectivity index (χ0v) is 13.0. The lowest BCUT2D eigenvalue weighted by Crippen LogP contribution is -2.41. The topological polar surface area (TPSA) is 44.8 Å². The Morgan fingerprint density at radius 1 is 1.14 bits per heavy atom. The minimum Gasteiger partial charge on any atom is -0.458 e. The molecule has 1 aromatic carbocycles. The summed E-state index contributed by atoms with van der Waals surface area (Å²) in [5, 5.41) is 0. The molecule has 0 radical (unpaired) electrons. The van der Waals surface area contributed by atoms with Gasteiger partial charge in [-0.05, 0) is 39.8 Å². The van der Waals surface area contributed by atoms with Gasteiger partial charge in [-0.3, -0.25) is 0 Å². The first-order valence-electron chi connectivity index (χ1n) is 7.06. The summed E-state index contributed by atoms with van der Waals surface area (Å²) in [6.07, 6.45) is 1.74. The normalized spacial score (nSPS) is 19.9. The van der Waals surface area contributed by atoms with Crippen LogP contribution in [-0.4, -0.2) is 30.9 Å². The van der Waals surface area contributed by atoms with Crippen LogP contribution in [0.2, 0.25) is 0 Å². The summed E-state index contributed by atoms with van der Waals surface area (Å²) in [6, 6.07) is 8.91. The Balaban J connectivity index is 1.81. The monoisotopic (exact) mass is 288 g/mol. The van der Waals surface area contributed by atoms with Gasteiger partial charge in [0.1, 0.15) is 6.61 Å². The van der Waals surface area contributed by atoms with Crippen LogP contribution in [0.25, 0.3) is 0 Å². The zero-order chi connectivity index (χ0) is 15.5. The molecular weight excluding hydrogens is 267 g/mol. The number of benzene rings is 1. The maximum Gasteiger partial charge on any atom is 0.486 e. The van der Waals surface area contributed by atoms with E-state index in [1.54, 1.807) is 36.3 Å². The second-order valence-electron chi connectivity index (χ2n) is 6.02. The molecule has 2 rings (SSSR count). The minimum atomic E-state index is -0.412. The van der Waals surface area contributed by atoms with Gasteiger partial charge < -0.3 is 14.0 Å². The van der Waals surface area contributed by atoms with Crippen molar-refractivity contribution in [1.29, 1.82) is 0 Å². The van der Waals surface area contributed by atoms with Gasteiger partial charge in [0, 0.05) is 0 Å². The Morgan fingerprint density at radius 3 is 2.29 bits per heavy atom. The van der Waals surface area contributed by atoms with Crippen molar-refractivity contribution in [1.82, 2.24) is 0 Å². The van der Waals surface area contributed by atoms with Crippen molar-refractivity contribution in [3.05, 3.63) is 47.9 Å². The predicted octanol–water partition coefficient (Wildman–Crippen LogP) is 3.03. The van der Waals surface area contributed by atoms with Gasteiger partial charge in [-0.15, -0.1) is 0 Å². The molecule has 0 N–H and O–H groups in total. The SMILES string of the molecule is CC1(C)OB(/C=C/COC(=O)c2ccccc2)OC1(C)C. The molecule has 5 heteroatoms. The first-order valence-corrected chi connectivity index (χ1v) is 7.06. The molecule has 0 unspecified atom stereocenters. The third-order valence-corrected chi connectivity index (χ3v) is 3.88. The van der Waals surface area contributed by atoms with Gasteiger partial charge in [0.2, 0.25) is 0 Å². The van der Waals surface area contributed by atoms with Crippen molar-refractivity contribution in [2.75, 3.05) is 6.61 Å². The Hall–Kier alpha value is -1.59. The van der Waals surface area contributed by atoms with Gasteiger partial charge in [-0.25, -0.2) is 4.79 Å². The molecule has 0 aliphatic carbocycles. The van der Waals surface area contributed by atoms with E-state index < -0.39 is 7.12 Å². The largest absolute Gasteiger partial charge is 0.486 e. The fourth-order valence-corrected chi connectivity index (χ4v) is 1.92. The average molecular weight is 288 g/mol. The highest BCUT2D eigenvalue weighted by Crippen LogP contribution is 2.36. The maximum absolute atomic E-state index is 11.7. The van der Waals surface area contributed by atoms with Crippen LogP contribution in [0.5, 0.6) is 0 Å². The van der Waals surface area contributed by atoms with Gasteiger partial charge in [0.05, 0.1) is 16.8 Å². The van der Waals surface area contributed by atoms with Crippen molar-refractivity contribution in [3.63, 3.8) is 0 Å². The van der Waals surface area contributed by atoms with Crippen LogP contribution < -0.4 is 0 Å². The summed E-state index contributed by atoms with van der Waals surface area (Å²) in [4.78, 5) is 11.7.